The first-order valence-corrected chi connectivity index (χ1v) is 7.91. The fraction of sp³-hybridized carbons (Fsp3) is 0.235. The minimum absolute atomic E-state index is 0.261. The van der Waals surface area contributed by atoms with Crippen LogP contribution in [0.3, 0.4) is 0 Å². The molecule has 0 aliphatic heterocycles. The zero-order valence-electron chi connectivity index (χ0n) is 12.3. The molecule has 0 bridgehead atoms. The number of nitrogens with one attached hydrogen (secondary N) is 1. The van der Waals surface area contributed by atoms with Gasteiger partial charge in [-0.2, -0.15) is 0 Å². The number of nitrogens with two attached hydrogens (primary N) is 1. The molecule has 0 aliphatic carbocycles. The van der Waals surface area contributed by atoms with E-state index < -0.39 is 0 Å². The van der Waals surface area contributed by atoms with E-state index in [1.54, 1.807) is 17.8 Å². The van der Waals surface area contributed by atoms with Gasteiger partial charge in [-0.15, -0.1) is 11.8 Å². The Bertz CT molecular complexity index is 608. The molecular formula is C17H20N2OS. The van der Waals surface area contributed by atoms with Crippen molar-refractivity contribution in [1.29, 1.82) is 0 Å². The van der Waals surface area contributed by atoms with Crippen LogP contribution in [-0.2, 0) is 5.75 Å². The third-order valence-electron chi connectivity index (χ3n) is 3.27. The van der Waals surface area contributed by atoms with Crippen LogP contribution in [0.25, 0.3) is 0 Å². The van der Waals surface area contributed by atoms with E-state index in [0.29, 0.717) is 11.5 Å². The average molecular weight is 300 g/mol. The maximum atomic E-state index is 11.5. The van der Waals surface area contributed by atoms with Crippen molar-refractivity contribution in [3.8, 4) is 0 Å². The highest BCUT2D eigenvalue weighted by molar-refractivity contribution is 7.98. The molecule has 0 radical (unpaired) electrons. The van der Waals surface area contributed by atoms with Crippen LogP contribution in [0.2, 0.25) is 0 Å². The molecule has 0 aromatic heterocycles. The Morgan fingerprint density at radius 2 is 1.90 bits per heavy atom. The van der Waals surface area contributed by atoms with Gasteiger partial charge < -0.3 is 0 Å². The minimum atomic E-state index is -0.261. The number of benzene rings is 2. The molecule has 0 unspecified atom stereocenters. The van der Waals surface area contributed by atoms with E-state index in [1.807, 2.05) is 18.2 Å². The summed E-state index contributed by atoms with van der Waals surface area (Å²) in [7, 11) is 0. The lowest BCUT2D eigenvalue weighted by atomic mass is 10.0. The van der Waals surface area contributed by atoms with Gasteiger partial charge in [0.25, 0.3) is 5.91 Å². The molecule has 110 valence electrons. The molecule has 4 heteroatoms. The van der Waals surface area contributed by atoms with Crippen molar-refractivity contribution >= 4 is 17.7 Å². The third-order valence-corrected chi connectivity index (χ3v) is 4.36. The van der Waals surface area contributed by atoms with E-state index in [0.717, 1.165) is 11.3 Å². The summed E-state index contributed by atoms with van der Waals surface area (Å²) in [6.45, 7) is 4.38. The van der Waals surface area contributed by atoms with Crippen molar-refractivity contribution < 1.29 is 4.79 Å². The first-order chi connectivity index (χ1) is 10.1. The van der Waals surface area contributed by atoms with Crippen LogP contribution in [0.5, 0.6) is 0 Å². The summed E-state index contributed by atoms with van der Waals surface area (Å²) < 4.78 is 0. The number of thioether (sulfide) groups is 1. The molecule has 3 N–H and O–H groups in total. The number of hydrazine groups is 1. The summed E-state index contributed by atoms with van der Waals surface area (Å²) >= 11 is 1.76. The summed E-state index contributed by atoms with van der Waals surface area (Å²) in [5.74, 6) is 6.27. The van der Waals surface area contributed by atoms with Crippen LogP contribution in [0.15, 0.2) is 53.4 Å². The highest BCUT2D eigenvalue weighted by atomic mass is 32.2. The van der Waals surface area contributed by atoms with Crippen molar-refractivity contribution in [3.05, 3.63) is 65.2 Å². The number of nitrogen functional groups attached to an aromatic ring is 1. The monoisotopic (exact) mass is 300 g/mol. The lowest BCUT2D eigenvalue weighted by molar-refractivity contribution is 0.0953. The molecule has 0 atom stereocenters. The highest BCUT2D eigenvalue weighted by Crippen LogP contribution is 2.25. The molecule has 2 rings (SSSR count). The summed E-state index contributed by atoms with van der Waals surface area (Å²) in [6.07, 6.45) is 0. The molecule has 2 aromatic rings. The predicted octanol–water partition coefficient (Wildman–Crippen LogP) is 3.71. The number of amides is 1. The number of carbonyl (C=O) groups excluding carboxylic acids is 1. The standard InChI is InChI=1S/C17H20N2OS/c1-12(2)14-6-8-16(9-7-14)21-11-13-4-3-5-15(10-13)17(20)19-18/h3-10,12H,11,18H2,1-2H3,(H,19,20). The van der Waals surface area contributed by atoms with Gasteiger partial charge in [0.2, 0.25) is 0 Å². The van der Waals surface area contributed by atoms with Crippen molar-refractivity contribution in [1.82, 2.24) is 5.43 Å². The van der Waals surface area contributed by atoms with Crippen LogP contribution in [0.4, 0.5) is 0 Å². The first-order valence-electron chi connectivity index (χ1n) is 6.93. The SMILES string of the molecule is CC(C)c1ccc(SCc2cccc(C(=O)NN)c2)cc1. The average Bonchev–Trinajstić information content (AvgIpc) is 2.52. The molecule has 2 aromatic carbocycles. The molecule has 3 nitrogen and oxygen atoms in total. The molecule has 1 amide bonds. The Balaban J connectivity index is 2.01. The molecule has 0 heterocycles. The number of hydrogen-bond donors (Lipinski definition) is 2. The first kappa shape index (κ1) is 15.6. The van der Waals surface area contributed by atoms with Crippen LogP contribution in [-0.4, -0.2) is 5.91 Å². The number of rotatable bonds is 5. The van der Waals surface area contributed by atoms with Crippen LogP contribution in [0, 0.1) is 0 Å². The second-order valence-corrected chi connectivity index (χ2v) is 6.24. The Morgan fingerprint density at radius 1 is 1.19 bits per heavy atom. The zero-order chi connectivity index (χ0) is 15.2. The van der Waals surface area contributed by atoms with Gasteiger partial charge in [0.05, 0.1) is 0 Å². The summed E-state index contributed by atoms with van der Waals surface area (Å²) in [6, 6.07) is 16.2. The van der Waals surface area contributed by atoms with E-state index in [9.17, 15) is 4.79 Å². The van der Waals surface area contributed by atoms with E-state index in [4.69, 9.17) is 5.84 Å². The minimum Gasteiger partial charge on any atom is -0.290 e. The lowest BCUT2D eigenvalue weighted by Crippen LogP contribution is -2.29. The maximum absolute atomic E-state index is 11.5. The lowest BCUT2D eigenvalue weighted by Gasteiger charge is -2.07. The van der Waals surface area contributed by atoms with Gasteiger partial charge in [-0.05, 0) is 41.3 Å². The van der Waals surface area contributed by atoms with Crippen molar-refractivity contribution in [2.24, 2.45) is 5.84 Å². The molecule has 0 aliphatic rings. The predicted molar refractivity (Wildman–Crippen MR) is 88.2 cm³/mol. The van der Waals surface area contributed by atoms with Gasteiger partial charge in [0.1, 0.15) is 0 Å². The van der Waals surface area contributed by atoms with E-state index >= 15 is 0 Å². The maximum Gasteiger partial charge on any atom is 0.265 e. The Labute approximate surface area is 129 Å². The third kappa shape index (κ3) is 4.34. The quantitative estimate of drug-likeness (QED) is 0.383. The van der Waals surface area contributed by atoms with Crippen molar-refractivity contribution in [2.75, 3.05) is 0 Å². The highest BCUT2D eigenvalue weighted by Gasteiger charge is 2.05. The number of carbonyl (C=O) groups is 1. The molecule has 0 saturated carbocycles. The Morgan fingerprint density at radius 3 is 2.52 bits per heavy atom. The molecule has 0 fully saturated rings. The summed E-state index contributed by atoms with van der Waals surface area (Å²) in [5, 5.41) is 0. The normalized spacial score (nSPS) is 10.7. The summed E-state index contributed by atoms with van der Waals surface area (Å²) in [4.78, 5) is 12.7. The molecular weight excluding hydrogens is 280 g/mol. The zero-order valence-corrected chi connectivity index (χ0v) is 13.1. The van der Waals surface area contributed by atoms with Gasteiger partial charge in [0.15, 0.2) is 0 Å². The Hall–Kier alpha value is -1.78. The molecule has 0 saturated heterocycles. The van der Waals surface area contributed by atoms with Gasteiger partial charge in [-0.25, -0.2) is 5.84 Å². The molecule has 21 heavy (non-hydrogen) atoms. The van der Waals surface area contributed by atoms with Crippen molar-refractivity contribution in [3.63, 3.8) is 0 Å². The second-order valence-electron chi connectivity index (χ2n) is 5.19. The van der Waals surface area contributed by atoms with Gasteiger partial charge in [-0.3, -0.25) is 10.2 Å². The van der Waals surface area contributed by atoms with Gasteiger partial charge >= 0.3 is 0 Å². The topological polar surface area (TPSA) is 55.1 Å². The van der Waals surface area contributed by atoms with Crippen LogP contribution >= 0.6 is 11.8 Å². The van der Waals surface area contributed by atoms with Crippen LogP contribution in [0.1, 0.15) is 41.3 Å². The summed E-state index contributed by atoms with van der Waals surface area (Å²) in [5.41, 5.74) is 5.20. The smallest absolute Gasteiger partial charge is 0.265 e. The van der Waals surface area contributed by atoms with Gasteiger partial charge in [-0.1, -0.05) is 38.1 Å². The van der Waals surface area contributed by atoms with E-state index in [1.165, 1.54) is 10.5 Å². The van der Waals surface area contributed by atoms with Crippen molar-refractivity contribution in [2.45, 2.75) is 30.4 Å². The Kier molecular flexibility index (Phi) is 5.42. The largest absolute Gasteiger partial charge is 0.290 e. The van der Waals surface area contributed by atoms with E-state index in [-0.39, 0.29) is 5.91 Å². The number of hydrogen-bond acceptors (Lipinski definition) is 3. The second kappa shape index (κ2) is 7.29. The van der Waals surface area contributed by atoms with Gasteiger partial charge in [0, 0.05) is 16.2 Å². The van der Waals surface area contributed by atoms with Crippen LogP contribution < -0.4 is 11.3 Å². The fourth-order valence-corrected chi connectivity index (χ4v) is 2.84. The molecule has 0 spiro atoms. The fourth-order valence-electron chi connectivity index (χ4n) is 2.00. The van der Waals surface area contributed by atoms with E-state index in [2.05, 4.69) is 43.5 Å².